The first kappa shape index (κ1) is 35.4. The molecule has 0 radical (unpaired) electrons. The van der Waals surface area contributed by atoms with Gasteiger partial charge in [-0.1, -0.05) is 34.1 Å². The van der Waals surface area contributed by atoms with Crippen molar-refractivity contribution in [2.24, 2.45) is 50.5 Å². The number of carbonyl (C=O) groups is 4. The van der Waals surface area contributed by atoms with Crippen LogP contribution in [-0.2, 0) is 19.2 Å². The van der Waals surface area contributed by atoms with E-state index >= 15 is 0 Å². The van der Waals surface area contributed by atoms with Crippen LogP contribution in [0.15, 0.2) is 9.98 Å². The van der Waals surface area contributed by atoms with Gasteiger partial charge >= 0.3 is 5.97 Å². The van der Waals surface area contributed by atoms with E-state index in [0.717, 1.165) is 0 Å². The number of nitrogens with zero attached hydrogens (tertiary/aromatic N) is 2. The van der Waals surface area contributed by atoms with E-state index in [9.17, 15) is 24.3 Å². The zero-order chi connectivity index (χ0) is 30.1. The Hall–Kier alpha value is -3.62. The smallest absolute Gasteiger partial charge is 0.326 e. The maximum Gasteiger partial charge on any atom is 0.326 e. The van der Waals surface area contributed by atoms with E-state index in [1.54, 1.807) is 0 Å². The third-order valence-electron chi connectivity index (χ3n) is 6.04. The van der Waals surface area contributed by atoms with Crippen LogP contribution in [0.5, 0.6) is 0 Å². The van der Waals surface area contributed by atoms with Crippen LogP contribution >= 0.6 is 0 Å². The zero-order valence-electron chi connectivity index (χ0n) is 23.5. The molecule has 0 fully saturated rings. The summed E-state index contributed by atoms with van der Waals surface area (Å²) in [5, 5.41) is 17.3. The van der Waals surface area contributed by atoms with Crippen molar-refractivity contribution in [1.29, 1.82) is 0 Å². The predicted molar refractivity (Wildman–Crippen MR) is 150 cm³/mol. The molecular weight excluding hydrogens is 508 g/mol. The third kappa shape index (κ3) is 15.4. The maximum absolute atomic E-state index is 13.3. The molecule has 0 aliphatic rings. The number of aliphatic carboxylic acids is 1. The summed E-state index contributed by atoms with van der Waals surface area (Å²) in [6, 6.07) is -4.13. The summed E-state index contributed by atoms with van der Waals surface area (Å²) in [5.74, 6) is -3.37. The second-order valence-electron chi connectivity index (χ2n) is 9.96. The van der Waals surface area contributed by atoms with Crippen molar-refractivity contribution in [2.75, 3.05) is 13.1 Å². The summed E-state index contributed by atoms with van der Waals surface area (Å²) < 4.78 is 0. The van der Waals surface area contributed by atoms with Gasteiger partial charge in [0, 0.05) is 13.1 Å². The fourth-order valence-electron chi connectivity index (χ4n) is 3.56. The van der Waals surface area contributed by atoms with Crippen molar-refractivity contribution < 1.29 is 24.3 Å². The Morgan fingerprint density at radius 2 is 1.15 bits per heavy atom. The summed E-state index contributed by atoms with van der Waals surface area (Å²) in [7, 11) is 0. The van der Waals surface area contributed by atoms with Gasteiger partial charge in [-0.05, 0) is 43.9 Å². The first-order chi connectivity index (χ1) is 18.2. The lowest BCUT2D eigenvalue weighted by Gasteiger charge is -2.26. The van der Waals surface area contributed by atoms with Gasteiger partial charge in [-0.3, -0.25) is 24.4 Å². The molecule has 14 N–H and O–H groups in total. The van der Waals surface area contributed by atoms with E-state index in [-0.39, 0.29) is 56.1 Å². The average molecular weight is 557 g/mol. The largest absolute Gasteiger partial charge is 0.480 e. The van der Waals surface area contributed by atoms with Gasteiger partial charge in [0.2, 0.25) is 17.7 Å². The summed E-state index contributed by atoms with van der Waals surface area (Å²) in [5.41, 5.74) is 27.5. The number of guanidine groups is 2. The topological polar surface area (TPSA) is 279 Å². The number of carboxylic acids is 1. The number of carboxylic acid groups (broad SMARTS) is 1. The monoisotopic (exact) mass is 556 g/mol. The van der Waals surface area contributed by atoms with Gasteiger partial charge in [0.05, 0.1) is 6.04 Å². The van der Waals surface area contributed by atoms with Gasteiger partial charge in [-0.2, -0.15) is 0 Å². The lowest BCUT2D eigenvalue weighted by Crippen LogP contribution is -2.57. The van der Waals surface area contributed by atoms with Crippen LogP contribution in [-0.4, -0.2) is 78.0 Å². The molecule has 0 spiro atoms. The summed E-state index contributed by atoms with van der Waals surface area (Å²) in [6.45, 7) is 7.79. The van der Waals surface area contributed by atoms with Crippen molar-refractivity contribution in [3.8, 4) is 0 Å². The molecule has 5 atom stereocenters. The molecule has 0 saturated carbocycles. The van der Waals surface area contributed by atoms with Crippen LogP contribution in [0.4, 0.5) is 0 Å². The fraction of sp³-hybridized carbons (Fsp3) is 0.750. The van der Waals surface area contributed by atoms with Crippen molar-refractivity contribution in [3.63, 3.8) is 0 Å². The molecule has 0 heterocycles. The standard InChI is InChI=1S/C24H48N10O5/c1-5-14(4)18(25)21(37)33-16(9-7-11-31-24(28)29)19(35)32-15(8-6-10-30-23(26)27)20(36)34-17(22(38)39)12-13(2)3/h13-18H,5-12,25H2,1-4H3,(H,32,35)(H,33,37)(H,34,36)(H,38,39)(H4,26,27,30)(H4,28,29,31). The summed E-state index contributed by atoms with van der Waals surface area (Å²) >= 11 is 0. The first-order valence-corrected chi connectivity index (χ1v) is 13.2. The Bertz CT molecular complexity index is 856. The molecular formula is C24H48N10O5. The highest BCUT2D eigenvalue weighted by Gasteiger charge is 2.31. The maximum atomic E-state index is 13.3. The lowest BCUT2D eigenvalue weighted by molar-refractivity contribution is -0.142. The van der Waals surface area contributed by atoms with E-state index in [0.29, 0.717) is 19.3 Å². The highest BCUT2D eigenvalue weighted by molar-refractivity contribution is 5.94. The second-order valence-corrected chi connectivity index (χ2v) is 9.96. The molecule has 15 heteroatoms. The summed E-state index contributed by atoms with van der Waals surface area (Å²) in [6.07, 6.45) is 1.81. The van der Waals surface area contributed by atoms with Crippen LogP contribution < -0.4 is 44.6 Å². The van der Waals surface area contributed by atoms with Gasteiger partial charge in [0.15, 0.2) is 11.9 Å². The molecule has 3 amide bonds. The Morgan fingerprint density at radius 3 is 1.51 bits per heavy atom. The molecule has 0 aliphatic carbocycles. The normalized spacial score (nSPS) is 14.7. The number of amides is 3. The van der Waals surface area contributed by atoms with Gasteiger partial charge < -0.3 is 49.7 Å². The molecule has 0 saturated heterocycles. The van der Waals surface area contributed by atoms with Crippen LogP contribution in [0.25, 0.3) is 0 Å². The highest BCUT2D eigenvalue weighted by atomic mass is 16.4. The van der Waals surface area contributed by atoms with Crippen LogP contribution in [0.1, 0.15) is 66.2 Å². The minimum atomic E-state index is -1.19. The Labute approximate surface area is 230 Å². The van der Waals surface area contributed by atoms with E-state index in [4.69, 9.17) is 28.7 Å². The van der Waals surface area contributed by atoms with Gasteiger partial charge in [0.1, 0.15) is 18.1 Å². The fourth-order valence-corrected chi connectivity index (χ4v) is 3.56. The number of hydrogen-bond donors (Lipinski definition) is 9. The lowest BCUT2D eigenvalue weighted by atomic mass is 9.98. The number of nitrogens with two attached hydrogens (primary N) is 5. The molecule has 5 unspecified atom stereocenters. The van der Waals surface area contributed by atoms with Crippen molar-refractivity contribution in [1.82, 2.24) is 16.0 Å². The van der Waals surface area contributed by atoms with Crippen molar-refractivity contribution in [2.45, 2.75) is 90.4 Å². The van der Waals surface area contributed by atoms with E-state index in [2.05, 4.69) is 25.9 Å². The molecule has 0 aliphatic heterocycles. The van der Waals surface area contributed by atoms with E-state index < -0.39 is 47.9 Å². The van der Waals surface area contributed by atoms with E-state index in [1.165, 1.54) is 0 Å². The first-order valence-electron chi connectivity index (χ1n) is 13.2. The molecule has 0 rings (SSSR count). The Kier molecular flexibility index (Phi) is 16.9. The molecule has 39 heavy (non-hydrogen) atoms. The Morgan fingerprint density at radius 1 is 0.744 bits per heavy atom. The number of nitrogens with one attached hydrogen (secondary N) is 3. The average Bonchev–Trinajstić information content (AvgIpc) is 2.85. The quantitative estimate of drug-likeness (QED) is 0.0481. The van der Waals surface area contributed by atoms with Crippen LogP contribution in [0.3, 0.4) is 0 Å². The van der Waals surface area contributed by atoms with Crippen molar-refractivity contribution in [3.05, 3.63) is 0 Å². The second kappa shape index (κ2) is 18.6. The number of carbonyl (C=O) groups excluding carboxylic acids is 3. The number of hydrogen-bond acceptors (Lipinski definition) is 7. The zero-order valence-corrected chi connectivity index (χ0v) is 23.5. The molecule has 15 nitrogen and oxygen atoms in total. The SMILES string of the molecule is CCC(C)C(N)C(=O)NC(CCCN=C(N)N)C(=O)NC(CCCN=C(N)N)C(=O)NC(CC(C)C)C(=O)O. The van der Waals surface area contributed by atoms with Crippen LogP contribution in [0.2, 0.25) is 0 Å². The number of rotatable bonds is 19. The summed E-state index contributed by atoms with van der Waals surface area (Å²) in [4.78, 5) is 58.6. The third-order valence-corrected chi connectivity index (χ3v) is 6.04. The minimum Gasteiger partial charge on any atom is -0.480 e. The molecule has 0 aromatic heterocycles. The molecule has 0 aromatic carbocycles. The molecule has 0 bridgehead atoms. The van der Waals surface area contributed by atoms with E-state index in [1.807, 2.05) is 27.7 Å². The predicted octanol–water partition coefficient (Wildman–Crippen LogP) is -1.95. The van der Waals surface area contributed by atoms with Gasteiger partial charge in [-0.25, -0.2) is 4.79 Å². The molecule has 0 aromatic rings. The van der Waals surface area contributed by atoms with Crippen LogP contribution in [0, 0.1) is 11.8 Å². The molecule has 224 valence electrons. The Balaban J connectivity index is 5.80. The van der Waals surface area contributed by atoms with Crippen molar-refractivity contribution >= 4 is 35.6 Å². The van der Waals surface area contributed by atoms with Gasteiger partial charge in [0.25, 0.3) is 0 Å². The minimum absolute atomic E-state index is 0.000776. The number of aliphatic imine (C=N–C) groups is 2. The highest BCUT2D eigenvalue weighted by Crippen LogP contribution is 2.09. The van der Waals surface area contributed by atoms with Gasteiger partial charge in [-0.15, -0.1) is 0 Å².